The summed E-state index contributed by atoms with van der Waals surface area (Å²) in [4.78, 5) is 6.18. The first-order valence-electron chi connectivity index (χ1n) is 6.70. The summed E-state index contributed by atoms with van der Waals surface area (Å²) in [6.45, 7) is 7.04. The lowest BCUT2D eigenvalue weighted by Gasteiger charge is -2.42. The highest BCUT2D eigenvalue weighted by atomic mass is 32.2. The molecule has 1 aliphatic rings. The number of aromatic nitrogens is 2. The number of aryl methyl sites for hydroxylation is 1. The van der Waals surface area contributed by atoms with Crippen LogP contribution in [-0.4, -0.2) is 65.4 Å². The molecular weight excluding hydrogens is 278 g/mol. The minimum atomic E-state index is -3.47. The van der Waals surface area contributed by atoms with E-state index in [1.54, 1.807) is 11.6 Å². The first-order chi connectivity index (χ1) is 9.27. The third-order valence-electron chi connectivity index (χ3n) is 3.88. The minimum Gasteiger partial charge on any atom is -0.339 e. The Morgan fingerprint density at radius 2 is 1.90 bits per heavy atom. The molecule has 0 amide bonds. The lowest BCUT2D eigenvalue weighted by molar-refractivity contribution is 0.0849. The highest BCUT2D eigenvalue weighted by Crippen LogP contribution is 2.20. The molecule has 0 aliphatic carbocycles. The predicted octanol–water partition coefficient (Wildman–Crippen LogP) is -0.536. The summed E-state index contributed by atoms with van der Waals surface area (Å²) in [7, 11) is -1.72. The first-order valence-corrected chi connectivity index (χ1v) is 8.14. The number of nitrogens with two attached hydrogens (primary N) is 1. The Bertz CT molecular complexity index is 558. The molecular formula is C12H23N5O2S. The number of hydrogen-bond donors (Lipinski definition) is 1. The Hall–Kier alpha value is -0.960. The minimum absolute atomic E-state index is 0.0964. The van der Waals surface area contributed by atoms with Gasteiger partial charge in [0.1, 0.15) is 0 Å². The lowest BCUT2D eigenvalue weighted by atomic mass is 10.0. The first kappa shape index (κ1) is 15.4. The van der Waals surface area contributed by atoms with Gasteiger partial charge in [0.15, 0.2) is 5.03 Å². The second-order valence-corrected chi connectivity index (χ2v) is 7.67. The summed E-state index contributed by atoms with van der Waals surface area (Å²) >= 11 is 0. The molecule has 0 atom stereocenters. The number of sulfonamides is 1. The van der Waals surface area contributed by atoms with Gasteiger partial charge in [-0.15, -0.1) is 0 Å². The number of hydrogen-bond acceptors (Lipinski definition) is 5. The fourth-order valence-corrected chi connectivity index (χ4v) is 3.71. The van der Waals surface area contributed by atoms with E-state index in [4.69, 9.17) is 5.73 Å². The molecule has 8 heteroatoms. The maximum absolute atomic E-state index is 12.4. The topological polar surface area (TPSA) is 84.5 Å². The van der Waals surface area contributed by atoms with Crippen molar-refractivity contribution in [2.24, 2.45) is 12.8 Å². The normalized spacial score (nSPS) is 19.4. The molecule has 0 radical (unpaired) electrons. The van der Waals surface area contributed by atoms with Gasteiger partial charge in [-0.2, -0.15) is 4.31 Å². The van der Waals surface area contributed by atoms with E-state index in [9.17, 15) is 8.42 Å². The van der Waals surface area contributed by atoms with Crippen LogP contribution >= 0.6 is 0 Å². The van der Waals surface area contributed by atoms with Crippen LogP contribution in [-0.2, 0) is 17.1 Å². The molecule has 0 aromatic carbocycles. The molecule has 1 fully saturated rings. The third kappa shape index (κ3) is 2.88. The Morgan fingerprint density at radius 3 is 2.35 bits per heavy atom. The van der Waals surface area contributed by atoms with Gasteiger partial charge in [-0.05, 0) is 13.8 Å². The molecule has 0 bridgehead atoms. The Morgan fingerprint density at radius 1 is 1.30 bits per heavy atom. The fraction of sp³-hybridized carbons (Fsp3) is 0.750. The smallest absolute Gasteiger partial charge is 0.262 e. The van der Waals surface area contributed by atoms with Crippen molar-refractivity contribution in [3.05, 3.63) is 12.5 Å². The van der Waals surface area contributed by atoms with Crippen LogP contribution in [0.1, 0.15) is 13.8 Å². The summed E-state index contributed by atoms with van der Waals surface area (Å²) in [5, 5.41) is 0.117. The van der Waals surface area contributed by atoms with E-state index in [0.29, 0.717) is 32.7 Å². The standard InChI is InChI=1S/C12H23N5O2S/c1-12(2,9-13)16-4-6-17(7-5-16)20(18,19)11-8-15(3)10-14-11/h8,10H,4-7,9,13H2,1-3H3. The zero-order valence-electron chi connectivity index (χ0n) is 12.3. The van der Waals surface area contributed by atoms with Gasteiger partial charge in [-0.25, -0.2) is 13.4 Å². The number of nitrogens with zero attached hydrogens (tertiary/aromatic N) is 4. The van der Waals surface area contributed by atoms with E-state index in [1.165, 1.54) is 16.8 Å². The third-order valence-corrected chi connectivity index (χ3v) is 5.66. The molecule has 2 rings (SSSR count). The Kier molecular flexibility index (Phi) is 4.19. The van der Waals surface area contributed by atoms with Crippen LogP contribution in [0.5, 0.6) is 0 Å². The van der Waals surface area contributed by atoms with Crippen LogP contribution < -0.4 is 5.73 Å². The van der Waals surface area contributed by atoms with Crippen LogP contribution in [0.3, 0.4) is 0 Å². The molecule has 2 N–H and O–H groups in total. The van der Waals surface area contributed by atoms with Crippen molar-refractivity contribution in [2.75, 3.05) is 32.7 Å². The second-order valence-electron chi connectivity index (χ2n) is 5.79. The van der Waals surface area contributed by atoms with E-state index < -0.39 is 10.0 Å². The molecule has 1 saturated heterocycles. The number of rotatable bonds is 4. The summed E-state index contributed by atoms with van der Waals surface area (Å²) in [6.07, 6.45) is 3.03. The number of piperazine rings is 1. The molecule has 1 aromatic rings. The number of imidazole rings is 1. The highest BCUT2D eigenvalue weighted by Gasteiger charge is 2.34. The summed E-state index contributed by atoms with van der Waals surface area (Å²) < 4.78 is 28.0. The molecule has 20 heavy (non-hydrogen) atoms. The molecule has 1 aliphatic heterocycles. The van der Waals surface area contributed by atoms with Gasteiger partial charge in [-0.1, -0.05) is 0 Å². The predicted molar refractivity (Wildman–Crippen MR) is 76.7 cm³/mol. The molecule has 114 valence electrons. The molecule has 0 spiro atoms. The maximum atomic E-state index is 12.4. The maximum Gasteiger partial charge on any atom is 0.262 e. The van der Waals surface area contributed by atoms with Crippen molar-refractivity contribution in [3.63, 3.8) is 0 Å². The monoisotopic (exact) mass is 301 g/mol. The van der Waals surface area contributed by atoms with Crippen molar-refractivity contribution in [1.82, 2.24) is 18.8 Å². The molecule has 0 saturated carbocycles. The average molecular weight is 301 g/mol. The second kappa shape index (κ2) is 5.44. The SMILES string of the molecule is Cn1cnc(S(=O)(=O)N2CCN(C(C)(C)CN)CC2)c1. The van der Waals surface area contributed by atoms with Crippen LogP contribution in [0.2, 0.25) is 0 Å². The van der Waals surface area contributed by atoms with Crippen LogP contribution in [0, 0.1) is 0 Å². The van der Waals surface area contributed by atoms with Crippen molar-refractivity contribution in [1.29, 1.82) is 0 Å². The van der Waals surface area contributed by atoms with Crippen molar-refractivity contribution in [3.8, 4) is 0 Å². The van der Waals surface area contributed by atoms with Gasteiger partial charge in [0.25, 0.3) is 10.0 Å². The van der Waals surface area contributed by atoms with Crippen LogP contribution in [0.15, 0.2) is 17.6 Å². The van der Waals surface area contributed by atoms with E-state index in [1.807, 2.05) is 0 Å². The zero-order valence-corrected chi connectivity index (χ0v) is 13.1. The van der Waals surface area contributed by atoms with E-state index >= 15 is 0 Å². The molecule has 2 heterocycles. The van der Waals surface area contributed by atoms with E-state index in [-0.39, 0.29) is 10.6 Å². The van der Waals surface area contributed by atoms with Crippen molar-refractivity contribution >= 4 is 10.0 Å². The fourth-order valence-electron chi connectivity index (χ4n) is 2.32. The summed E-state index contributed by atoms with van der Waals surface area (Å²) in [6, 6.07) is 0. The summed E-state index contributed by atoms with van der Waals surface area (Å²) in [5.74, 6) is 0. The van der Waals surface area contributed by atoms with Gasteiger partial charge in [-0.3, -0.25) is 4.90 Å². The van der Waals surface area contributed by atoms with Crippen molar-refractivity contribution in [2.45, 2.75) is 24.4 Å². The lowest BCUT2D eigenvalue weighted by Crippen LogP contribution is -2.58. The zero-order chi connectivity index (χ0) is 15.0. The van der Waals surface area contributed by atoms with Gasteiger partial charge in [0.2, 0.25) is 0 Å². The molecule has 1 aromatic heterocycles. The largest absolute Gasteiger partial charge is 0.339 e. The molecule has 7 nitrogen and oxygen atoms in total. The quantitative estimate of drug-likeness (QED) is 0.808. The van der Waals surface area contributed by atoms with Crippen LogP contribution in [0.25, 0.3) is 0 Å². The highest BCUT2D eigenvalue weighted by molar-refractivity contribution is 7.89. The Labute approximate surface area is 120 Å². The van der Waals surface area contributed by atoms with Gasteiger partial charge >= 0.3 is 0 Å². The van der Waals surface area contributed by atoms with Crippen LogP contribution in [0.4, 0.5) is 0 Å². The van der Waals surface area contributed by atoms with Gasteiger partial charge in [0.05, 0.1) is 6.33 Å². The average Bonchev–Trinajstić information content (AvgIpc) is 2.86. The van der Waals surface area contributed by atoms with E-state index in [2.05, 4.69) is 23.7 Å². The molecule has 0 unspecified atom stereocenters. The Balaban J connectivity index is 2.07. The van der Waals surface area contributed by atoms with Gasteiger partial charge < -0.3 is 10.3 Å². The summed E-state index contributed by atoms with van der Waals surface area (Å²) in [5.41, 5.74) is 5.67. The van der Waals surface area contributed by atoms with E-state index in [0.717, 1.165) is 0 Å². The van der Waals surface area contributed by atoms with Crippen molar-refractivity contribution < 1.29 is 8.42 Å². The van der Waals surface area contributed by atoms with Gasteiger partial charge in [0, 0.05) is 51.5 Å².